The first-order chi connectivity index (χ1) is 7.99. The maximum atomic E-state index is 11.7. The van der Waals surface area contributed by atoms with Crippen molar-refractivity contribution in [3.8, 4) is 0 Å². The summed E-state index contributed by atoms with van der Waals surface area (Å²) >= 11 is 1.01. The number of anilines is 1. The van der Waals surface area contributed by atoms with Gasteiger partial charge in [0.1, 0.15) is 10.6 Å². The second kappa shape index (κ2) is 5.62. The minimum Gasteiger partial charge on any atom is -0.478 e. The summed E-state index contributed by atoms with van der Waals surface area (Å²) in [6.45, 7) is 4.12. The molecule has 0 atom stereocenters. The largest absolute Gasteiger partial charge is 0.478 e. The number of carboxylic acids is 1. The SMILES string of the molecule is CCCNC(=O)N(C)c1snc(C)c1C(=O)O. The van der Waals surface area contributed by atoms with E-state index in [4.69, 9.17) is 5.11 Å². The number of hydrogen-bond acceptors (Lipinski definition) is 4. The highest BCUT2D eigenvalue weighted by atomic mass is 32.1. The van der Waals surface area contributed by atoms with Crippen molar-refractivity contribution in [3.05, 3.63) is 11.3 Å². The average molecular weight is 257 g/mol. The molecule has 1 aromatic rings. The summed E-state index contributed by atoms with van der Waals surface area (Å²) in [6.07, 6.45) is 0.826. The minimum absolute atomic E-state index is 0.0872. The zero-order chi connectivity index (χ0) is 13.0. The van der Waals surface area contributed by atoms with Gasteiger partial charge in [-0.25, -0.2) is 9.59 Å². The molecule has 1 heterocycles. The predicted molar refractivity (Wildman–Crippen MR) is 65.9 cm³/mol. The molecule has 0 saturated heterocycles. The first-order valence-corrected chi connectivity index (χ1v) is 5.97. The van der Waals surface area contributed by atoms with Gasteiger partial charge in [-0.1, -0.05) is 6.92 Å². The fourth-order valence-electron chi connectivity index (χ4n) is 1.28. The molecule has 0 radical (unpaired) electrons. The van der Waals surface area contributed by atoms with Crippen molar-refractivity contribution in [1.82, 2.24) is 9.69 Å². The monoisotopic (exact) mass is 257 g/mol. The van der Waals surface area contributed by atoms with Crippen LogP contribution in [0.1, 0.15) is 29.4 Å². The Morgan fingerprint density at radius 1 is 1.53 bits per heavy atom. The fraction of sp³-hybridized carbons (Fsp3) is 0.500. The van der Waals surface area contributed by atoms with Crippen molar-refractivity contribution >= 4 is 28.5 Å². The standard InChI is InChI=1S/C10H15N3O3S/c1-4-5-11-10(16)13(3)8-7(9(14)15)6(2)12-17-8/h4-5H2,1-3H3,(H,11,16)(H,14,15). The van der Waals surface area contributed by atoms with Crippen molar-refractivity contribution in [2.24, 2.45) is 0 Å². The second-order valence-electron chi connectivity index (χ2n) is 3.54. The van der Waals surface area contributed by atoms with Crippen LogP contribution >= 0.6 is 11.5 Å². The lowest BCUT2D eigenvalue weighted by Gasteiger charge is -2.16. The Labute approximate surface area is 103 Å². The van der Waals surface area contributed by atoms with Crippen LogP contribution in [-0.2, 0) is 0 Å². The van der Waals surface area contributed by atoms with Gasteiger partial charge in [0.2, 0.25) is 0 Å². The molecule has 2 N–H and O–H groups in total. The van der Waals surface area contributed by atoms with E-state index < -0.39 is 5.97 Å². The first kappa shape index (κ1) is 13.4. The highest BCUT2D eigenvalue weighted by molar-refractivity contribution is 7.11. The van der Waals surface area contributed by atoms with Gasteiger partial charge in [-0.2, -0.15) is 4.37 Å². The fourth-order valence-corrected chi connectivity index (χ4v) is 2.12. The van der Waals surface area contributed by atoms with Crippen molar-refractivity contribution in [2.45, 2.75) is 20.3 Å². The molecule has 0 aliphatic carbocycles. The molecular formula is C10H15N3O3S. The molecule has 94 valence electrons. The first-order valence-electron chi connectivity index (χ1n) is 5.20. The zero-order valence-corrected chi connectivity index (χ0v) is 10.8. The van der Waals surface area contributed by atoms with Crippen LogP contribution in [-0.4, -0.2) is 35.1 Å². The number of amides is 2. The molecular weight excluding hydrogens is 242 g/mol. The van der Waals surface area contributed by atoms with E-state index >= 15 is 0 Å². The van der Waals surface area contributed by atoms with Gasteiger partial charge in [-0.3, -0.25) is 4.90 Å². The molecule has 0 aromatic carbocycles. The molecule has 0 aliphatic heterocycles. The number of aromatic carboxylic acids is 1. The lowest BCUT2D eigenvalue weighted by atomic mass is 10.2. The Hall–Kier alpha value is -1.63. The van der Waals surface area contributed by atoms with Gasteiger partial charge in [0.15, 0.2) is 0 Å². The highest BCUT2D eigenvalue weighted by Crippen LogP contribution is 2.27. The molecule has 7 heteroatoms. The van der Waals surface area contributed by atoms with Gasteiger partial charge in [-0.05, 0) is 24.9 Å². The normalized spacial score (nSPS) is 10.1. The Bertz CT molecular complexity index is 430. The van der Waals surface area contributed by atoms with Crippen LogP contribution < -0.4 is 10.2 Å². The number of urea groups is 1. The Kier molecular flexibility index (Phi) is 4.45. The molecule has 0 unspecified atom stereocenters. The van der Waals surface area contributed by atoms with Crippen LogP contribution in [0.2, 0.25) is 0 Å². The van der Waals surface area contributed by atoms with Gasteiger partial charge in [0, 0.05) is 13.6 Å². The van der Waals surface area contributed by atoms with Gasteiger partial charge in [0.25, 0.3) is 0 Å². The smallest absolute Gasteiger partial charge is 0.340 e. The minimum atomic E-state index is -1.07. The number of nitrogens with one attached hydrogen (secondary N) is 1. The van der Waals surface area contributed by atoms with Gasteiger partial charge >= 0.3 is 12.0 Å². The quantitative estimate of drug-likeness (QED) is 0.860. The number of aromatic nitrogens is 1. The molecule has 17 heavy (non-hydrogen) atoms. The molecule has 2 amide bonds. The van der Waals surface area contributed by atoms with Crippen LogP contribution in [0.3, 0.4) is 0 Å². The summed E-state index contributed by atoms with van der Waals surface area (Å²) < 4.78 is 3.96. The Morgan fingerprint density at radius 2 is 2.18 bits per heavy atom. The molecule has 0 aliphatic rings. The molecule has 0 saturated carbocycles. The highest BCUT2D eigenvalue weighted by Gasteiger charge is 2.23. The Morgan fingerprint density at radius 3 is 2.71 bits per heavy atom. The number of rotatable bonds is 4. The van der Waals surface area contributed by atoms with Crippen LogP contribution in [0.15, 0.2) is 0 Å². The lowest BCUT2D eigenvalue weighted by Crippen LogP contribution is -2.37. The molecule has 1 rings (SSSR count). The van der Waals surface area contributed by atoms with Gasteiger partial charge < -0.3 is 10.4 Å². The third-order valence-electron chi connectivity index (χ3n) is 2.19. The topological polar surface area (TPSA) is 82.5 Å². The molecule has 0 spiro atoms. The van der Waals surface area contributed by atoms with Gasteiger partial charge in [-0.15, -0.1) is 0 Å². The summed E-state index contributed by atoms with van der Waals surface area (Å²) in [5.41, 5.74) is 0.511. The van der Waals surface area contributed by atoms with E-state index in [2.05, 4.69) is 9.69 Å². The van der Waals surface area contributed by atoms with E-state index in [0.29, 0.717) is 17.2 Å². The summed E-state index contributed by atoms with van der Waals surface area (Å²) in [5.74, 6) is -1.07. The van der Waals surface area contributed by atoms with E-state index in [0.717, 1.165) is 18.0 Å². The number of nitrogens with zero attached hydrogens (tertiary/aromatic N) is 2. The number of aryl methyl sites for hydroxylation is 1. The summed E-state index contributed by atoms with van der Waals surface area (Å²) in [4.78, 5) is 24.0. The van der Waals surface area contributed by atoms with Crippen molar-refractivity contribution in [3.63, 3.8) is 0 Å². The number of carbonyl (C=O) groups is 2. The zero-order valence-electron chi connectivity index (χ0n) is 9.98. The van der Waals surface area contributed by atoms with E-state index in [-0.39, 0.29) is 11.6 Å². The third kappa shape index (κ3) is 2.94. The Balaban J connectivity index is 2.92. The van der Waals surface area contributed by atoms with E-state index in [1.165, 1.54) is 11.9 Å². The molecule has 1 aromatic heterocycles. The predicted octanol–water partition coefficient (Wildman–Crippen LogP) is 1.71. The van der Waals surface area contributed by atoms with Crippen molar-refractivity contribution < 1.29 is 14.7 Å². The van der Waals surface area contributed by atoms with E-state index in [1.807, 2.05) is 6.92 Å². The molecule has 0 bridgehead atoms. The van der Waals surface area contributed by atoms with E-state index in [9.17, 15) is 9.59 Å². The van der Waals surface area contributed by atoms with Crippen molar-refractivity contribution in [1.29, 1.82) is 0 Å². The second-order valence-corrected chi connectivity index (χ2v) is 4.30. The lowest BCUT2D eigenvalue weighted by molar-refractivity contribution is 0.0697. The van der Waals surface area contributed by atoms with Crippen LogP contribution in [0, 0.1) is 6.92 Å². The number of hydrogen-bond donors (Lipinski definition) is 2. The summed E-state index contributed by atoms with van der Waals surface area (Å²) in [5, 5.41) is 12.1. The summed E-state index contributed by atoms with van der Waals surface area (Å²) in [6, 6.07) is -0.321. The maximum absolute atomic E-state index is 11.7. The average Bonchev–Trinajstić information content (AvgIpc) is 2.66. The van der Waals surface area contributed by atoms with Crippen LogP contribution in [0.5, 0.6) is 0 Å². The molecule has 6 nitrogen and oxygen atoms in total. The maximum Gasteiger partial charge on any atom is 0.340 e. The van der Waals surface area contributed by atoms with Crippen LogP contribution in [0.4, 0.5) is 9.80 Å². The van der Waals surface area contributed by atoms with Gasteiger partial charge in [0.05, 0.1) is 5.69 Å². The van der Waals surface area contributed by atoms with Crippen molar-refractivity contribution in [2.75, 3.05) is 18.5 Å². The number of carbonyl (C=O) groups excluding carboxylic acids is 1. The summed E-state index contributed by atoms with van der Waals surface area (Å²) in [7, 11) is 1.53. The van der Waals surface area contributed by atoms with E-state index in [1.54, 1.807) is 6.92 Å². The number of carboxylic acid groups (broad SMARTS) is 1. The van der Waals surface area contributed by atoms with Crippen LogP contribution in [0.25, 0.3) is 0 Å². The molecule has 0 fully saturated rings. The third-order valence-corrected chi connectivity index (χ3v) is 3.21.